The molecule has 0 radical (unpaired) electrons. The van der Waals surface area contributed by atoms with E-state index < -0.39 is 5.97 Å². The summed E-state index contributed by atoms with van der Waals surface area (Å²) in [6, 6.07) is 4.94. The van der Waals surface area contributed by atoms with Crippen LogP contribution in [0.4, 0.5) is 10.1 Å². The van der Waals surface area contributed by atoms with Gasteiger partial charge in [0.15, 0.2) is 0 Å². The number of amides is 1. The smallest absolute Gasteiger partial charge is 0.333 e. The lowest BCUT2D eigenvalue weighted by atomic mass is 10.1. The van der Waals surface area contributed by atoms with Crippen LogP contribution >= 0.6 is 0 Å². The molecule has 1 aromatic carbocycles. The second-order valence-electron chi connectivity index (χ2n) is 5.24. The van der Waals surface area contributed by atoms with Crippen LogP contribution in [0.3, 0.4) is 0 Å². The number of hydrogen-bond donors (Lipinski definition) is 2. The van der Waals surface area contributed by atoms with Crippen LogP contribution in [0.15, 0.2) is 35.7 Å². The zero-order valence-electron chi connectivity index (χ0n) is 14.6. The molecule has 1 aromatic rings. The van der Waals surface area contributed by atoms with Gasteiger partial charge in [-0.3, -0.25) is 4.79 Å². The molecule has 0 fully saturated rings. The molecule has 136 valence electrons. The molecule has 6 nitrogen and oxygen atoms in total. The van der Waals surface area contributed by atoms with Gasteiger partial charge in [0.1, 0.15) is 12.4 Å². The summed E-state index contributed by atoms with van der Waals surface area (Å²) in [4.78, 5) is 23.2. The molecule has 0 aliphatic heterocycles. The summed E-state index contributed by atoms with van der Waals surface area (Å²) in [6.45, 7) is 5.05. The fourth-order valence-corrected chi connectivity index (χ4v) is 1.90. The molecule has 7 heteroatoms. The number of ether oxygens (including phenoxy) is 2. The molecule has 3 N–H and O–H groups in total. The second kappa shape index (κ2) is 10.2. The minimum absolute atomic E-state index is 0.00352. The van der Waals surface area contributed by atoms with Crippen molar-refractivity contribution in [3.8, 4) is 5.75 Å². The number of carbonyl (C=O) groups is 2. The first-order valence-corrected chi connectivity index (χ1v) is 7.79. The minimum atomic E-state index is -0.433. The van der Waals surface area contributed by atoms with Gasteiger partial charge in [0.05, 0.1) is 18.6 Å². The van der Waals surface area contributed by atoms with Crippen LogP contribution in [-0.2, 0) is 14.3 Å². The first-order valence-electron chi connectivity index (χ1n) is 7.79. The third-order valence-corrected chi connectivity index (χ3v) is 3.15. The Labute approximate surface area is 146 Å². The fourth-order valence-electron chi connectivity index (χ4n) is 1.90. The van der Waals surface area contributed by atoms with E-state index in [1.54, 1.807) is 38.1 Å². The first-order chi connectivity index (χ1) is 11.9. The number of nitrogens with two attached hydrogens (primary N) is 1. The van der Waals surface area contributed by atoms with Crippen molar-refractivity contribution in [3.63, 3.8) is 0 Å². The predicted octanol–water partition coefficient (Wildman–Crippen LogP) is 2.80. The summed E-state index contributed by atoms with van der Waals surface area (Å²) in [5, 5.41) is 2.68. The molecule has 0 saturated heterocycles. The van der Waals surface area contributed by atoms with Gasteiger partial charge in [-0.25, -0.2) is 9.18 Å². The number of benzene rings is 1. The number of carbonyl (C=O) groups excluding carboxylic acids is 2. The summed E-state index contributed by atoms with van der Waals surface area (Å²) in [5.41, 5.74) is 7.17. The highest BCUT2D eigenvalue weighted by Crippen LogP contribution is 2.25. The van der Waals surface area contributed by atoms with E-state index in [-0.39, 0.29) is 25.7 Å². The van der Waals surface area contributed by atoms with Gasteiger partial charge in [0.25, 0.3) is 0 Å². The molecule has 0 saturated carbocycles. The third-order valence-electron chi connectivity index (χ3n) is 3.15. The summed E-state index contributed by atoms with van der Waals surface area (Å²) >= 11 is 0. The Hall–Kier alpha value is -2.67. The highest BCUT2D eigenvalue weighted by Gasteiger charge is 2.09. The van der Waals surface area contributed by atoms with E-state index in [1.165, 1.54) is 6.92 Å². The number of rotatable bonds is 8. The predicted molar refractivity (Wildman–Crippen MR) is 94.8 cm³/mol. The zero-order chi connectivity index (χ0) is 18.8. The topological polar surface area (TPSA) is 90.7 Å². The van der Waals surface area contributed by atoms with Crippen LogP contribution in [0.2, 0.25) is 0 Å². The summed E-state index contributed by atoms with van der Waals surface area (Å²) in [6.07, 6.45) is 2.02. The molecule has 0 aliphatic rings. The number of nitrogens with one attached hydrogen (secondary N) is 1. The van der Waals surface area contributed by atoms with Crippen molar-refractivity contribution in [2.75, 3.05) is 25.1 Å². The molecular weight excluding hydrogens is 327 g/mol. The number of anilines is 1. The Morgan fingerprint density at radius 2 is 2.04 bits per heavy atom. The van der Waals surface area contributed by atoms with Crippen LogP contribution in [0.25, 0.3) is 6.08 Å². The summed E-state index contributed by atoms with van der Waals surface area (Å²) in [5.74, 6) is -0.272. The van der Waals surface area contributed by atoms with Crippen molar-refractivity contribution in [1.82, 2.24) is 0 Å². The van der Waals surface area contributed by atoms with E-state index in [9.17, 15) is 14.0 Å². The number of hydrogen-bond acceptors (Lipinski definition) is 5. The SMILES string of the molecule is CCOC(=O)/C(C)=C/c1ccc(OC/C(=C\F)CN)cc1NC(C)=O. The molecule has 0 heterocycles. The van der Waals surface area contributed by atoms with Crippen molar-refractivity contribution in [1.29, 1.82) is 0 Å². The molecule has 1 amide bonds. The Morgan fingerprint density at radius 3 is 2.60 bits per heavy atom. The standard InChI is InChI=1S/C18H23FN2O4/c1-4-24-18(23)12(2)7-15-5-6-16(8-17(15)21-13(3)22)25-11-14(9-19)10-20/h5-9H,4,10-11,20H2,1-3H3,(H,21,22)/b12-7+,14-9-. The van der Waals surface area contributed by atoms with Gasteiger partial charge in [-0.05, 0) is 37.6 Å². The van der Waals surface area contributed by atoms with E-state index in [2.05, 4.69) is 5.32 Å². The average Bonchev–Trinajstić information content (AvgIpc) is 2.57. The van der Waals surface area contributed by atoms with Crippen LogP contribution < -0.4 is 15.8 Å². The van der Waals surface area contributed by atoms with Crippen LogP contribution in [-0.4, -0.2) is 31.6 Å². The Kier molecular flexibility index (Phi) is 8.35. The number of esters is 1. The molecule has 0 bridgehead atoms. The second-order valence-corrected chi connectivity index (χ2v) is 5.24. The van der Waals surface area contributed by atoms with Crippen LogP contribution in [0.5, 0.6) is 5.75 Å². The van der Waals surface area contributed by atoms with E-state index in [0.717, 1.165) is 0 Å². The fraction of sp³-hybridized carbons (Fsp3) is 0.333. The van der Waals surface area contributed by atoms with Gasteiger partial charge in [-0.15, -0.1) is 0 Å². The largest absolute Gasteiger partial charge is 0.489 e. The maximum absolute atomic E-state index is 12.5. The van der Waals surface area contributed by atoms with Gasteiger partial charge in [0.2, 0.25) is 5.91 Å². The Morgan fingerprint density at radius 1 is 1.32 bits per heavy atom. The van der Waals surface area contributed by atoms with Crippen molar-refractivity contribution in [3.05, 3.63) is 41.2 Å². The zero-order valence-corrected chi connectivity index (χ0v) is 14.6. The lowest BCUT2D eigenvalue weighted by Gasteiger charge is -2.12. The molecule has 1 rings (SSSR count). The Balaban J connectivity index is 3.07. The summed E-state index contributed by atoms with van der Waals surface area (Å²) in [7, 11) is 0. The van der Waals surface area contributed by atoms with Gasteiger partial charge >= 0.3 is 5.97 Å². The van der Waals surface area contributed by atoms with Crippen molar-refractivity contribution >= 4 is 23.6 Å². The number of halogens is 1. The van der Waals surface area contributed by atoms with Crippen molar-refractivity contribution in [2.24, 2.45) is 5.73 Å². The molecule has 0 aromatic heterocycles. The van der Waals surface area contributed by atoms with Crippen molar-refractivity contribution < 1.29 is 23.5 Å². The molecule has 25 heavy (non-hydrogen) atoms. The monoisotopic (exact) mass is 350 g/mol. The highest BCUT2D eigenvalue weighted by atomic mass is 19.1. The average molecular weight is 350 g/mol. The van der Waals surface area contributed by atoms with Crippen LogP contribution in [0, 0.1) is 0 Å². The maximum Gasteiger partial charge on any atom is 0.333 e. The van der Waals surface area contributed by atoms with E-state index >= 15 is 0 Å². The van der Waals surface area contributed by atoms with Crippen molar-refractivity contribution in [2.45, 2.75) is 20.8 Å². The third kappa shape index (κ3) is 6.76. The van der Waals surface area contributed by atoms with E-state index in [0.29, 0.717) is 34.5 Å². The van der Waals surface area contributed by atoms with Crippen LogP contribution in [0.1, 0.15) is 26.3 Å². The lowest BCUT2D eigenvalue weighted by Crippen LogP contribution is -2.11. The minimum Gasteiger partial charge on any atom is -0.489 e. The normalized spacial score (nSPS) is 11.9. The quantitative estimate of drug-likeness (QED) is 0.556. The maximum atomic E-state index is 12.5. The van der Waals surface area contributed by atoms with Gasteiger partial charge in [-0.1, -0.05) is 0 Å². The van der Waals surface area contributed by atoms with Gasteiger partial charge in [-0.2, -0.15) is 0 Å². The first kappa shape index (κ1) is 20.4. The molecule has 0 spiro atoms. The molecular formula is C18H23FN2O4. The highest BCUT2D eigenvalue weighted by molar-refractivity contribution is 5.96. The van der Waals surface area contributed by atoms with E-state index in [4.69, 9.17) is 15.2 Å². The van der Waals surface area contributed by atoms with Gasteiger partial charge < -0.3 is 20.5 Å². The molecule has 0 aliphatic carbocycles. The molecule has 0 atom stereocenters. The molecule has 0 unspecified atom stereocenters. The van der Waals surface area contributed by atoms with Gasteiger partial charge in [0, 0.05) is 30.7 Å². The summed E-state index contributed by atoms with van der Waals surface area (Å²) < 4.78 is 22.9. The lowest BCUT2D eigenvalue weighted by molar-refractivity contribution is -0.138. The van der Waals surface area contributed by atoms with E-state index in [1.807, 2.05) is 0 Å². The Bertz CT molecular complexity index is 684.